The van der Waals surface area contributed by atoms with Gasteiger partial charge in [-0.05, 0) is 18.9 Å². The van der Waals surface area contributed by atoms with Crippen LogP contribution in [0.15, 0.2) is 30.3 Å². The first-order valence-corrected chi connectivity index (χ1v) is 8.29. The molecule has 0 bridgehead atoms. The topological polar surface area (TPSA) is 20.2 Å². The number of phenolic OH excluding ortho intramolecular Hbond substituents is 1. The lowest BCUT2D eigenvalue weighted by Crippen LogP contribution is -1.80. The fourth-order valence-corrected chi connectivity index (χ4v) is 2.41. The first-order chi connectivity index (χ1) is 9.84. The van der Waals surface area contributed by atoms with Gasteiger partial charge in [0.25, 0.3) is 0 Å². The van der Waals surface area contributed by atoms with Crippen LogP contribution in [0, 0.1) is 0 Å². The fourth-order valence-electron chi connectivity index (χ4n) is 2.41. The van der Waals surface area contributed by atoms with Gasteiger partial charge >= 0.3 is 0 Å². The molecule has 0 aliphatic rings. The number of benzene rings is 1. The second-order valence-corrected chi connectivity index (χ2v) is 5.58. The third-order valence-corrected chi connectivity index (χ3v) is 3.71. The maximum absolute atomic E-state index is 9.62. The Labute approximate surface area is 124 Å². The quantitative estimate of drug-likeness (QED) is 0.468. The molecule has 0 unspecified atom stereocenters. The SMILES string of the molecule is CCCCCCCCCCC/C=C/c1ccccc1O. The van der Waals surface area contributed by atoms with Crippen molar-refractivity contribution in [2.24, 2.45) is 0 Å². The highest BCUT2D eigenvalue weighted by atomic mass is 16.3. The molecule has 1 rings (SSSR count). The second-order valence-electron chi connectivity index (χ2n) is 5.58. The van der Waals surface area contributed by atoms with Gasteiger partial charge in [0.1, 0.15) is 5.75 Å². The van der Waals surface area contributed by atoms with E-state index in [-0.39, 0.29) is 0 Å². The van der Waals surface area contributed by atoms with Crippen LogP contribution >= 0.6 is 0 Å². The highest BCUT2D eigenvalue weighted by Crippen LogP contribution is 2.17. The van der Waals surface area contributed by atoms with E-state index in [9.17, 15) is 5.11 Å². The zero-order valence-electron chi connectivity index (χ0n) is 13.0. The highest BCUT2D eigenvalue weighted by Gasteiger charge is 1.94. The predicted octanol–water partition coefficient (Wildman–Crippen LogP) is 6.33. The number of hydrogen-bond acceptors (Lipinski definition) is 1. The van der Waals surface area contributed by atoms with Gasteiger partial charge in [0.05, 0.1) is 0 Å². The molecule has 0 saturated carbocycles. The summed E-state index contributed by atoms with van der Waals surface area (Å²) in [4.78, 5) is 0. The summed E-state index contributed by atoms with van der Waals surface area (Å²) in [6, 6.07) is 7.49. The minimum atomic E-state index is 0.371. The number of unbranched alkanes of at least 4 members (excludes halogenated alkanes) is 9. The van der Waals surface area contributed by atoms with E-state index in [1.165, 1.54) is 57.8 Å². The molecule has 0 aromatic heterocycles. The van der Waals surface area contributed by atoms with Crippen molar-refractivity contribution in [3.8, 4) is 5.75 Å². The highest BCUT2D eigenvalue weighted by molar-refractivity contribution is 5.56. The maximum atomic E-state index is 9.62. The molecule has 20 heavy (non-hydrogen) atoms. The summed E-state index contributed by atoms with van der Waals surface area (Å²) in [5.41, 5.74) is 0.920. The standard InChI is InChI=1S/C19H30O/c1-2-3-4-5-6-7-8-9-10-11-12-15-18-16-13-14-17-19(18)20/h12-17,20H,2-11H2,1H3/b15-12+. The molecule has 0 aliphatic heterocycles. The number of allylic oxidation sites excluding steroid dienone is 1. The summed E-state index contributed by atoms with van der Waals surface area (Å²) >= 11 is 0. The molecule has 0 aliphatic carbocycles. The molecule has 0 radical (unpaired) electrons. The van der Waals surface area contributed by atoms with Crippen LogP contribution in [0.2, 0.25) is 0 Å². The van der Waals surface area contributed by atoms with Crippen molar-refractivity contribution >= 4 is 6.08 Å². The molecular weight excluding hydrogens is 244 g/mol. The summed E-state index contributed by atoms with van der Waals surface area (Å²) in [6.45, 7) is 2.27. The van der Waals surface area contributed by atoms with Gasteiger partial charge in [-0.1, -0.05) is 88.6 Å². The maximum Gasteiger partial charge on any atom is 0.122 e. The third-order valence-electron chi connectivity index (χ3n) is 3.71. The second kappa shape index (κ2) is 11.6. The van der Waals surface area contributed by atoms with Crippen LogP contribution in [-0.2, 0) is 0 Å². The Kier molecular flexibility index (Phi) is 9.73. The van der Waals surface area contributed by atoms with Crippen LogP contribution < -0.4 is 0 Å². The summed E-state index contributed by atoms with van der Waals surface area (Å²) < 4.78 is 0. The molecule has 112 valence electrons. The smallest absolute Gasteiger partial charge is 0.122 e. The minimum absolute atomic E-state index is 0.371. The Morgan fingerprint density at radius 3 is 2.10 bits per heavy atom. The van der Waals surface area contributed by atoms with E-state index in [2.05, 4.69) is 13.0 Å². The Bertz CT molecular complexity index is 368. The van der Waals surface area contributed by atoms with Crippen LogP contribution in [0.5, 0.6) is 5.75 Å². The lowest BCUT2D eigenvalue weighted by molar-refractivity contribution is 0.474. The van der Waals surface area contributed by atoms with Crippen molar-refractivity contribution in [3.05, 3.63) is 35.9 Å². The van der Waals surface area contributed by atoms with Crippen molar-refractivity contribution < 1.29 is 5.11 Å². The van der Waals surface area contributed by atoms with E-state index in [0.29, 0.717) is 5.75 Å². The van der Waals surface area contributed by atoms with E-state index in [1.54, 1.807) is 6.07 Å². The van der Waals surface area contributed by atoms with Gasteiger partial charge in [0.15, 0.2) is 0 Å². The number of phenols is 1. The lowest BCUT2D eigenvalue weighted by Gasteiger charge is -2.01. The van der Waals surface area contributed by atoms with Crippen LogP contribution in [0.25, 0.3) is 6.08 Å². The van der Waals surface area contributed by atoms with Gasteiger partial charge in [-0.2, -0.15) is 0 Å². The summed E-state index contributed by atoms with van der Waals surface area (Å²) in [5, 5.41) is 9.62. The van der Waals surface area contributed by atoms with Crippen molar-refractivity contribution in [3.63, 3.8) is 0 Å². The van der Waals surface area contributed by atoms with Crippen LogP contribution in [-0.4, -0.2) is 5.11 Å². The molecule has 0 atom stereocenters. The molecule has 0 spiro atoms. The van der Waals surface area contributed by atoms with Crippen LogP contribution in [0.1, 0.15) is 76.7 Å². The average molecular weight is 274 g/mol. The van der Waals surface area contributed by atoms with E-state index in [1.807, 2.05) is 24.3 Å². The van der Waals surface area contributed by atoms with Crippen molar-refractivity contribution in [1.29, 1.82) is 0 Å². The molecule has 0 heterocycles. The third kappa shape index (κ3) is 8.04. The predicted molar refractivity (Wildman–Crippen MR) is 89.0 cm³/mol. The van der Waals surface area contributed by atoms with E-state index in [4.69, 9.17) is 0 Å². The lowest BCUT2D eigenvalue weighted by atomic mass is 10.1. The Hall–Kier alpha value is -1.24. The Morgan fingerprint density at radius 1 is 0.850 bits per heavy atom. The van der Waals surface area contributed by atoms with Gasteiger partial charge in [0.2, 0.25) is 0 Å². The largest absolute Gasteiger partial charge is 0.507 e. The van der Waals surface area contributed by atoms with Crippen molar-refractivity contribution in [2.75, 3.05) is 0 Å². The number of para-hydroxylation sites is 1. The van der Waals surface area contributed by atoms with Gasteiger partial charge < -0.3 is 5.11 Å². The molecule has 1 aromatic rings. The fraction of sp³-hybridized carbons (Fsp3) is 0.579. The van der Waals surface area contributed by atoms with Gasteiger partial charge in [-0.3, -0.25) is 0 Å². The molecule has 0 saturated heterocycles. The van der Waals surface area contributed by atoms with Crippen molar-refractivity contribution in [1.82, 2.24) is 0 Å². The number of aromatic hydroxyl groups is 1. The number of hydrogen-bond donors (Lipinski definition) is 1. The molecule has 0 fully saturated rings. The number of rotatable bonds is 11. The molecular formula is C19H30O. The first kappa shape index (κ1) is 16.8. The van der Waals surface area contributed by atoms with E-state index >= 15 is 0 Å². The first-order valence-electron chi connectivity index (χ1n) is 8.29. The summed E-state index contributed by atoms with van der Waals surface area (Å²) in [5.74, 6) is 0.371. The molecule has 1 heteroatoms. The molecule has 1 aromatic carbocycles. The van der Waals surface area contributed by atoms with E-state index < -0.39 is 0 Å². The van der Waals surface area contributed by atoms with Gasteiger partial charge in [-0.25, -0.2) is 0 Å². The summed E-state index contributed by atoms with van der Waals surface area (Å²) in [7, 11) is 0. The Morgan fingerprint density at radius 2 is 1.45 bits per heavy atom. The zero-order valence-corrected chi connectivity index (χ0v) is 13.0. The van der Waals surface area contributed by atoms with Gasteiger partial charge in [0, 0.05) is 5.56 Å². The molecule has 1 nitrogen and oxygen atoms in total. The van der Waals surface area contributed by atoms with Gasteiger partial charge in [-0.15, -0.1) is 0 Å². The van der Waals surface area contributed by atoms with E-state index in [0.717, 1.165) is 12.0 Å². The molecule has 0 amide bonds. The zero-order chi connectivity index (χ0) is 14.5. The van der Waals surface area contributed by atoms with Crippen LogP contribution in [0.3, 0.4) is 0 Å². The average Bonchev–Trinajstić information content (AvgIpc) is 2.46. The normalized spacial score (nSPS) is 11.2. The van der Waals surface area contributed by atoms with Crippen molar-refractivity contribution in [2.45, 2.75) is 71.1 Å². The molecule has 1 N–H and O–H groups in total. The monoisotopic (exact) mass is 274 g/mol. The Balaban J connectivity index is 1.96. The van der Waals surface area contributed by atoms with Crippen LogP contribution in [0.4, 0.5) is 0 Å². The minimum Gasteiger partial charge on any atom is -0.507 e. The summed E-state index contributed by atoms with van der Waals surface area (Å²) in [6.07, 6.45) is 17.7.